The molecule has 0 rings (SSSR count). The first kappa shape index (κ1) is 17.9. The lowest BCUT2D eigenvalue weighted by atomic mass is 10.0. The largest absolute Gasteiger partial charge is 0.396 e. The molecular weight excluding hydrogens is 246 g/mol. The molecule has 0 aromatic rings. The van der Waals surface area contributed by atoms with Crippen LogP contribution in [0.25, 0.3) is 0 Å². The second-order valence-electron chi connectivity index (χ2n) is 5.42. The second kappa shape index (κ2) is 8.87. The van der Waals surface area contributed by atoms with Gasteiger partial charge in [0.25, 0.3) is 0 Å². The minimum Gasteiger partial charge on any atom is -0.396 e. The Morgan fingerprint density at radius 1 is 1.16 bits per heavy atom. The molecule has 0 aromatic carbocycles. The summed E-state index contributed by atoms with van der Waals surface area (Å²) < 4.78 is 0. The maximum atomic E-state index is 11.7. The molecule has 2 atom stereocenters. The van der Waals surface area contributed by atoms with E-state index in [1.807, 2.05) is 27.7 Å². The Hall–Kier alpha value is -1.14. The van der Waals surface area contributed by atoms with Crippen molar-refractivity contribution < 1.29 is 14.7 Å². The Bertz CT molecular complexity index is 293. The normalized spacial score (nSPS) is 14.3. The average Bonchev–Trinajstić information content (AvgIpc) is 2.34. The number of hydrogen-bond acceptors (Lipinski definition) is 4. The van der Waals surface area contributed by atoms with Gasteiger partial charge in [0.15, 0.2) is 0 Å². The van der Waals surface area contributed by atoms with Crippen molar-refractivity contribution in [2.45, 2.75) is 46.2 Å². The van der Waals surface area contributed by atoms with Gasteiger partial charge in [0.05, 0.1) is 12.6 Å². The van der Waals surface area contributed by atoms with Gasteiger partial charge in [-0.1, -0.05) is 27.7 Å². The van der Waals surface area contributed by atoms with E-state index >= 15 is 0 Å². The highest BCUT2D eigenvalue weighted by atomic mass is 16.3. The van der Waals surface area contributed by atoms with Gasteiger partial charge in [0, 0.05) is 12.6 Å². The van der Waals surface area contributed by atoms with Crippen LogP contribution in [0.3, 0.4) is 0 Å². The first-order valence-electron chi connectivity index (χ1n) is 6.73. The first-order valence-corrected chi connectivity index (χ1v) is 6.73. The van der Waals surface area contributed by atoms with Gasteiger partial charge >= 0.3 is 0 Å². The van der Waals surface area contributed by atoms with Crippen molar-refractivity contribution in [2.75, 3.05) is 13.2 Å². The summed E-state index contributed by atoms with van der Waals surface area (Å²) in [7, 11) is 0. The number of aliphatic hydroxyl groups excluding tert-OH is 1. The molecule has 1 unspecified atom stereocenters. The Labute approximate surface area is 115 Å². The topological polar surface area (TPSA) is 104 Å². The number of amides is 2. The van der Waals surface area contributed by atoms with Crippen molar-refractivity contribution in [3.05, 3.63) is 0 Å². The quantitative estimate of drug-likeness (QED) is 0.483. The van der Waals surface area contributed by atoms with Crippen LogP contribution in [0.1, 0.15) is 34.1 Å². The number of rotatable bonds is 8. The summed E-state index contributed by atoms with van der Waals surface area (Å²) in [6, 6.07) is -0.695. The molecule has 112 valence electrons. The lowest BCUT2D eigenvalue weighted by Crippen LogP contribution is -2.49. The molecule has 0 aliphatic heterocycles. The summed E-state index contributed by atoms with van der Waals surface area (Å²) in [5.41, 5.74) is 5.67. The Morgan fingerprint density at radius 2 is 1.74 bits per heavy atom. The molecule has 0 radical (unpaired) electrons. The third-order valence-electron chi connectivity index (χ3n) is 3.04. The van der Waals surface area contributed by atoms with E-state index in [4.69, 9.17) is 10.8 Å². The fraction of sp³-hybridized carbons (Fsp3) is 0.846. The maximum Gasteiger partial charge on any atom is 0.239 e. The van der Waals surface area contributed by atoms with Crippen LogP contribution in [0, 0.1) is 11.8 Å². The van der Waals surface area contributed by atoms with E-state index in [1.54, 1.807) is 0 Å². The molecular formula is C13H27N3O3. The number of nitrogens with one attached hydrogen (secondary N) is 2. The van der Waals surface area contributed by atoms with E-state index in [1.165, 1.54) is 0 Å². The summed E-state index contributed by atoms with van der Waals surface area (Å²) >= 11 is 0. The predicted molar refractivity (Wildman–Crippen MR) is 74.3 cm³/mol. The summed E-state index contributed by atoms with van der Waals surface area (Å²) in [5, 5.41) is 14.2. The molecule has 0 saturated carbocycles. The molecule has 0 heterocycles. The Balaban J connectivity index is 4.14. The SMILES string of the molecule is CC(C)C(CCO)NC(=O)CNC(=O)[C@@H](N)C(C)C. The molecule has 0 aliphatic rings. The molecule has 0 saturated heterocycles. The molecule has 0 aliphatic carbocycles. The zero-order valence-corrected chi connectivity index (χ0v) is 12.3. The van der Waals surface area contributed by atoms with Gasteiger partial charge in [0.2, 0.25) is 11.8 Å². The third kappa shape index (κ3) is 7.12. The second-order valence-corrected chi connectivity index (χ2v) is 5.42. The smallest absolute Gasteiger partial charge is 0.239 e. The number of hydrogen-bond donors (Lipinski definition) is 4. The van der Waals surface area contributed by atoms with E-state index in [0.717, 1.165) is 0 Å². The van der Waals surface area contributed by atoms with Crippen LogP contribution in [0.2, 0.25) is 0 Å². The van der Waals surface area contributed by atoms with Crippen LogP contribution in [0.15, 0.2) is 0 Å². The lowest BCUT2D eigenvalue weighted by molar-refractivity contribution is -0.127. The van der Waals surface area contributed by atoms with E-state index in [9.17, 15) is 9.59 Å². The van der Waals surface area contributed by atoms with Gasteiger partial charge in [-0.05, 0) is 18.3 Å². The number of aliphatic hydroxyl groups is 1. The zero-order valence-electron chi connectivity index (χ0n) is 12.3. The summed E-state index contributed by atoms with van der Waals surface area (Å²) in [5.74, 6) is -0.338. The summed E-state index contributed by atoms with van der Waals surface area (Å²) in [6.45, 7) is 7.56. The van der Waals surface area contributed by atoms with Crippen molar-refractivity contribution in [2.24, 2.45) is 17.6 Å². The van der Waals surface area contributed by atoms with Crippen molar-refractivity contribution in [1.82, 2.24) is 10.6 Å². The molecule has 6 heteroatoms. The third-order valence-corrected chi connectivity index (χ3v) is 3.04. The average molecular weight is 273 g/mol. The molecule has 0 fully saturated rings. The van der Waals surface area contributed by atoms with Gasteiger partial charge < -0.3 is 21.5 Å². The monoisotopic (exact) mass is 273 g/mol. The highest BCUT2D eigenvalue weighted by molar-refractivity contribution is 5.87. The fourth-order valence-corrected chi connectivity index (χ4v) is 1.56. The highest BCUT2D eigenvalue weighted by Gasteiger charge is 2.19. The first-order chi connectivity index (χ1) is 8.79. The lowest BCUT2D eigenvalue weighted by Gasteiger charge is -2.22. The Morgan fingerprint density at radius 3 is 2.16 bits per heavy atom. The number of nitrogens with two attached hydrogens (primary N) is 1. The van der Waals surface area contributed by atoms with E-state index in [0.29, 0.717) is 6.42 Å². The van der Waals surface area contributed by atoms with Crippen molar-refractivity contribution >= 4 is 11.8 Å². The standard InChI is InChI=1S/C13H27N3O3/c1-8(2)10(5-6-17)16-11(18)7-15-13(19)12(14)9(3)4/h8-10,12,17H,5-7,14H2,1-4H3,(H,15,19)(H,16,18)/t10?,12-/m0/s1. The van der Waals surface area contributed by atoms with Crippen LogP contribution in [0.4, 0.5) is 0 Å². The van der Waals surface area contributed by atoms with Crippen LogP contribution < -0.4 is 16.4 Å². The van der Waals surface area contributed by atoms with Gasteiger partial charge in [-0.25, -0.2) is 0 Å². The van der Waals surface area contributed by atoms with E-state index in [-0.39, 0.29) is 42.8 Å². The van der Waals surface area contributed by atoms with Crippen molar-refractivity contribution in [3.8, 4) is 0 Å². The van der Waals surface area contributed by atoms with E-state index < -0.39 is 6.04 Å². The van der Waals surface area contributed by atoms with Crippen molar-refractivity contribution in [3.63, 3.8) is 0 Å². The Kier molecular flexibility index (Phi) is 8.34. The van der Waals surface area contributed by atoms with Gasteiger partial charge in [-0.15, -0.1) is 0 Å². The molecule has 0 aromatic heterocycles. The van der Waals surface area contributed by atoms with Crippen LogP contribution in [0.5, 0.6) is 0 Å². The van der Waals surface area contributed by atoms with E-state index in [2.05, 4.69) is 10.6 Å². The molecule has 19 heavy (non-hydrogen) atoms. The zero-order chi connectivity index (χ0) is 15.0. The predicted octanol–water partition coefficient (Wildman–Crippen LogP) is -0.391. The molecule has 5 N–H and O–H groups in total. The van der Waals surface area contributed by atoms with Crippen LogP contribution in [-0.2, 0) is 9.59 Å². The number of carbonyl (C=O) groups excluding carboxylic acids is 2. The van der Waals surface area contributed by atoms with Gasteiger partial charge in [0.1, 0.15) is 0 Å². The number of carbonyl (C=O) groups is 2. The summed E-state index contributed by atoms with van der Waals surface area (Å²) in [4.78, 5) is 23.3. The molecule has 6 nitrogen and oxygen atoms in total. The highest BCUT2D eigenvalue weighted by Crippen LogP contribution is 2.05. The molecule has 0 spiro atoms. The minimum atomic E-state index is -0.605. The van der Waals surface area contributed by atoms with Gasteiger partial charge in [-0.3, -0.25) is 9.59 Å². The molecule has 2 amide bonds. The van der Waals surface area contributed by atoms with Crippen LogP contribution >= 0.6 is 0 Å². The summed E-state index contributed by atoms with van der Waals surface area (Å²) in [6.07, 6.45) is 0.503. The van der Waals surface area contributed by atoms with Crippen LogP contribution in [-0.4, -0.2) is 42.2 Å². The maximum absolute atomic E-state index is 11.7. The molecule has 0 bridgehead atoms. The fourth-order valence-electron chi connectivity index (χ4n) is 1.56. The van der Waals surface area contributed by atoms with Crippen molar-refractivity contribution in [1.29, 1.82) is 0 Å². The van der Waals surface area contributed by atoms with Gasteiger partial charge in [-0.2, -0.15) is 0 Å². The minimum absolute atomic E-state index is 0.0215.